The van der Waals surface area contributed by atoms with Gasteiger partial charge in [0.2, 0.25) is 0 Å². The normalized spacial score (nSPS) is 22.4. The van der Waals surface area contributed by atoms with E-state index in [9.17, 15) is 35.5 Å². The number of ketones is 1. The van der Waals surface area contributed by atoms with Crippen LogP contribution in [-0.2, 0) is 29.0 Å². The minimum atomic E-state index is -4.93. The number of hydrogen-bond donors (Lipinski definition) is 0. The molecule has 0 radical (unpaired) electrons. The molecule has 0 spiro atoms. The highest BCUT2D eigenvalue weighted by molar-refractivity contribution is 5.90. The fourth-order valence-corrected chi connectivity index (χ4v) is 6.94. The predicted octanol–water partition coefficient (Wildman–Crippen LogP) is 9.13. The molecule has 2 fully saturated rings. The molecule has 0 bridgehead atoms. The maximum atomic E-state index is 13.9. The van der Waals surface area contributed by atoms with Gasteiger partial charge in [0, 0.05) is 12.5 Å². The number of alkyl halides is 6. The van der Waals surface area contributed by atoms with Gasteiger partial charge >= 0.3 is 12.4 Å². The maximum absolute atomic E-state index is 13.9. The molecule has 9 heteroatoms. The van der Waals surface area contributed by atoms with Gasteiger partial charge in [-0.25, -0.2) is 4.39 Å². The zero-order valence-corrected chi connectivity index (χ0v) is 23.7. The molecule has 0 amide bonds. The van der Waals surface area contributed by atoms with Gasteiger partial charge in [-0.3, -0.25) is 4.79 Å². The monoisotopic (exact) mass is 605 g/mol. The zero-order valence-electron chi connectivity index (χ0n) is 23.7. The average Bonchev–Trinajstić information content (AvgIpc) is 3.00. The molecule has 2 nitrogen and oxygen atoms in total. The van der Waals surface area contributed by atoms with E-state index in [4.69, 9.17) is 0 Å². The van der Waals surface area contributed by atoms with Crippen molar-refractivity contribution in [2.45, 2.75) is 81.1 Å². The highest BCUT2D eigenvalue weighted by Crippen LogP contribution is 2.44. The molecule has 0 atom stereocenters. The van der Waals surface area contributed by atoms with Gasteiger partial charge in [-0.05, 0) is 111 Å². The van der Waals surface area contributed by atoms with Crippen molar-refractivity contribution in [2.75, 3.05) is 13.1 Å². The first kappa shape index (κ1) is 31.2. The Morgan fingerprint density at radius 2 is 1.33 bits per heavy atom. The Kier molecular flexibility index (Phi) is 9.02. The number of hydrogen-bond acceptors (Lipinski definition) is 2. The van der Waals surface area contributed by atoms with Crippen molar-refractivity contribution in [3.63, 3.8) is 0 Å². The summed E-state index contributed by atoms with van der Waals surface area (Å²) >= 11 is 0. The van der Waals surface area contributed by atoms with Crippen molar-refractivity contribution in [1.82, 2.24) is 4.90 Å². The van der Waals surface area contributed by atoms with Crippen molar-refractivity contribution >= 4 is 5.78 Å². The van der Waals surface area contributed by atoms with Gasteiger partial charge in [0.1, 0.15) is 11.6 Å². The van der Waals surface area contributed by atoms with Crippen molar-refractivity contribution in [1.29, 1.82) is 0 Å². The summed E-state index contributed by atoms with van der Waals surface area (Å²) in [6.07, 6.45) is -5.64. The molecule has 5 rings (SSSR count). The van der Waals surface area contributed by atoms with Gasteiger partial charge < -0.3 is 4.90 Å². The van der Waals surface area contributed by atoms with E-state index in [-0.39, 0.29) is 42.1 Å². The van der Waals surface area contributed by atoms with Crippen molar-refractivity contribution in [2.24, 2.45) is 0 Å². The molecular weight excluding hydrogens is 571 g/mol. The van der Waals surface area contributed by atoms with E-state index in [0.29, 0.717) is 30.9 Å². The summed E-state index contributed by atoms with van der Waals surface area (Å²) in [5, 5.41) is 0. The second-order valence-corrected chi connectivity index (χ2v) is 11.9. The standard InChI is InChI=1S/C34H34F7NO/c35-29-9-7-24(8-10-29)25-14-18-42(19-15-25)30-12-16-32(17-13-30,26-4-2-1-3-5-26)31(43)11-6-23-20-27(33(36,37)38)22-28(21-23)34(39,40)41/h1-5,7-10,20-22,25,30H,6,11-19H2. The van der Waals surface area contributed by atoms with Crippen molar-refractivity contribution in [3.8, 4) is 0 Å². The summed E-state index contributed by atoms with van der Waals surface area (Å²) in [7, 11) is 0. The molecule has 1 aliphatic carbocycles. The van der Waals surface area contributed by atoms with Crippen LogP contribution >= 0.6 is 0 Å². The Morgan fingerprint density at radius 3 is 1.86 bits per heavy atom. The largest absolute Gasteiger partial charge is 0.416 e. The number of carbonyl (C=O) groups is 1. The van der Waals surface area contributed by atoms with Crippen molar-refractivity contribution in [3.05, 3.63) is 106 Å². The van der Waals surface area contributed by atoms with Crippen LogP contribution in [0.1, 0.15) is 78.7 Å². The number of piperidine rings is 1. The van der Waals surface area contributed by atoms with Gasteiger partial charge in [0.05, 0.1) is 16.5 Å². The van der Waals surface area contributed by atoms with Gasteiger partial charge in [-0.1, -0.05) is 42.5 Å². The molecule has 1 saturated heterocycles. The highest BCUT2D eigenvalue weighted by atomic mass is 19.4. The second kappa shape index (κ2) is 12.4. The van der Waals surface area contributed by atoms with E-state index in [0.717, 1.165) is 49.9 Å². The maximum Gasteiger partial charge on any atom is 0.416 e. The molecule has 0 N–H and O–H groups in total. The first-order chi connectivity index (χ1) is 20.3. The van der Waals surface area contributed by atoms with Gasteiger partial charge in [-0.15, -0.1) is 0 Å². The van der Waals surface area contributed by atoms with E-state index in [2.05, 4.69) is 4.90 Å². The van der Waals surface area contributed by atoms with Gasteiger partial charge in [0.25, 0.3) is 0 Å². The molecule has 230 valence electrons. The molecule has 3 aromatic carbocycles. The smallest absolute Gasteiger partial charge is 0.300 e. The van der Waals surface area contributed by atoms with Crippen LogP contribution in [0, 0.1) is 5.82 Å². The summed E-state index contributed by atoms with van der Waals surface area (Å²) in [6, 6.07) is 17.8. The lowest BCUT2D eigenvalue weighted by Gasteiger charge is -2.45. The molecule has 2 aliphatic rings. The first-order valence-corrected chi connectivity index (χ1v) is 14.7. The summed E-state index contributed by atoms with van der Waals surface area (Å²) in [5.74, 6) is -0.0296. The molecule has 1 aliphatic heterocycles. The number of halogens is 7. The van der Waals surface area contributed by atoms with Crippen LogP contribution in [0.2, 0.25) is 0 Å². The highest BCUT2D eigenvalue weighted by Gasteiger charge is 2.44. The Bertz CT molecular complexity index is 1350. The molecule has 43 heavy (non-hydrogen) atoms. The summed E-state index contributed by atoms with van der Waals surface area (Å²) in [4.78, 5) is 16.3. The van der Waals surface area contributed by atoms with Crippen LogP contribution in [0.3, 0.4) is 0 Å². The third-order valence-corrected chi connectivity index (χ3v) is 9.34. The lowest BCUT2D eigenvalue weighted by atomic mass is 9.64. The van der Waals surface area contributed by atoms with E-state index in [1.807, 2.05) is 42.5 Å². The number of nitrogens with zero attached hydrogens (tertiary/aromatic N) is 1. The summed E-state index contributed by atoms with van der Waals surface area (Å²) < 4.78 is 93.6. The van der Waals surface area contributed by atoms with Crippen LogP contribution in [0.25, 0.3) is 0 Å². The minimum absolute atomic E-state index is 0.112. The van der Waals surface area contributed by atoms with E-state index >= 15 is 0 Å². The zero-order chi connectivity index (χ0) is 30.8. The first-order valence-electron chi connectivity index (χ1n) is 14.7. The Balaban J connectivity index is 1.28. The average molecular weight is 606 g/mol. The van der Waals surface area contributed by atoms with Crippen LogP contribution in [0.15, 0.2) is 72.8 Å². The molecule has 1 heterocycles. The summed E-state index contributed by atoms with van der Waals surface area (Å²) in [5.41, 5.74) is -1.75. The SMILES string of the molecule is O=C(CCc1cc(C(F)(F)F)cc(C(F)(F)F)c1)C1(c2ccccc2)CCC(N2CCC(c3ccc(F)cc3)CC2)CC1. The number of aryl methyl sites for hydroxylation is 1. The number of likely N-dealkylation sites (tertiary alicyclic amines) is 1. The van der Waals surface area contributed by atoms with Crippen LogP contribution in [0.5, 0.6) is 0 Å². The lowest BCUT2D eigenvalue weighted by Crippen LogP contribution is -2.48. The van der Waals surface area contributed by atoms with Crippen LogP contribution in [0.4, 0.5) is 30.7 Å². The van der Waals surface area contributed by atoms with E-state index in [1.54, 1.807) is 0 Å². The summed E-state index contributed by atoms with van der Waals surface area (Å²) in [6.45, 7) is 1.80. The van der Waals surface area contributed by atoms with E-state index in [1.165, 1.54) is 12.1 Å². The third kappa shape index (κ3) is 7.14. The Hall–Kier alpha value is -3.20. The second-order valence-electron chi connectivity index (χ2n) is 11.9. The fraction of sp³-hybridized carbons (Fsp3) is 0.441. The number of Topliss-reactive ketones (excluding diaryl/α,β-unsaturated/α-hetero) is 1. The molecule has 3 aromatic rings. The fourth-order valence-electron chi connectivity index (χ4n) is 6.94. The third-order valence-electron chi connectivity index (χ3n) is 9.34. The lowest BCUT2D eigenvalue weighted by molar-refractivity contribution is -0.143. The Morgan fingerprint density at radius 1 is 0.767 bits per heavy atom. The number of carbonyl (C=O) groups excluding carboxylic acids is 1. The van der Waals surface area contributed by atoms with Crippen molar-refractivity contribution < 1.29 is 35.5 Å². The van der Waals surface area contributed by atoms with Crippen LogP contribution < -0.4 is 0 Å². The predicted molar refractivity (Wildman–Crippen MR) is 150 cm³/mol. The minimum Gasteiger partial charge on any atom is -0.300 e. The van der Waals surface area contributed by atoms with E-state index < -0.39 is 28.9 Å². The van der Waals surface area contributed by atoms with Gasteiger partial charge in [0.15, 0.2) is 0 Å². The number of benzene rings is 3. The van der Waals surface area contributed by atoms with Crippen LogP contribution in [-0.4, -0.2) is 29.8 Å². The number of rotatable bonds is 7. The molecule has 0 unspecified atom stereocenters. The molecule has 1 saturated carbocycles. The molecule has 0 aromatic heterocycles. The Labute approximate surface area is 246 Å². The topological polar surface area (TPSA) is 20.3 Å². The molecular formula is C34H34F7NO. The quantitative estimate of drug-likeness (QED) is 0.251. The van der Waals surface area contributed by atoms with Gasteiger partial charge in [-0.2, -0.15) is 26.3 Å².